The highest BCUT2D eigenvalue weighted by Gasteiger charge is 2.13. The smallest absolute Gasteiger partial charge is 0.0798 e. The van der Waals surface area contributed by atoms with Gasteiger partial charge in [-0.15, -0.1) is 11.3 Å². The number of aryl methyl sites for hydroxylation is 1. The number of pyridine rings is 1. The van der Waals surface area contributed by atoms with Crippen molar-refractivity contribution in [1.29, 1.82) is 0 Å². The molecule has 0 spiro atoms. The second kappa shape index (κ2) is 5.35. The fourth-order valence-electron chi connectivity index (χ4n) is 1.91. The molecular formula is C13H18N4S. The molecule has 2 rings (SSSR count). The van der Waals surface area contributed by atoms with Crippen LogP contribution in [0.3, 0.4) is 0 Å². The summed E-state index contributed by atoms with van der Waals surface area (Å²) in [4.78, 5) is 11.8. The average Bonchev–Trinajstić information content (AvgIpc) is 2.76. The highest BCUT2D eigenvalue weighted by atomic mass is 32.1. The van der Waals surface area contributed by atoms with Crippen molar-refractivity contribution in [1.82, 2.24) is 9.97 Å². The van der Waals surface area contributed by atoms with Crippen LogP contribution in [0.15, 0.2) is 24.0 Å². The zero-order chi connectivity index (χ0) is 13.1. The van der Waals surface area contributed by atoms with E-state index in [4.69, 9.17) is 0 Å². The van der Waals surface area contributed by atoms with Crippen molar-refractivity contribution in [3.8, 4) is 0 Å². The summed E-state index contributed by atoms with van der Waals surface area (Å²) in [5, 5.41) is 3.50. The molecule has 0 aromatic carbocycles. The van der Waals surface area contributed by atoms with Crippen molar-refractivity contribution < 1.29 is 0 Å². The lowest BCUT2D eigenvalue weighted by atomic mass is 10.2. The monoisotopic (exact) mass is 262 g/mol. The molecular weight excluding hydrogens is 244 g/mol. The lowest BCUT2D eigenvalue weighted by Gasteiger charge is -2.21. The van der Waals surface area contributed by atoms with Gasteiger partial charge in [-0.1, -0.05) is 0 Å². The lowest BCUT2D eigenvalue weighted by molar-refractivity contribution is 0.886. The minimum atomic E-state index is 0.236. The molecule has 0 aliphatic carbocycles. The minimum absolute atomic E-state index is 0.236. The van der Waals surface area contributed by atoms with E-state index < -0.39 is 0 Å². The summed E-state index contributed by atoms with van der Waals surface area (Å²) in [7, 11) is 4.06. The average molecular weight is 262 g/mol. The maximum Gasteiger partial charge on any atom is 0.0798 e. The second-order valence-electron chi connectivity index (χ2n) is 4.46. The molecule has 0 aliphatic rings. The number of thiazole rings is 1. The van der Waals surface area contributed by atoms with E-state index in [9.17, 15) is 0 Å². The Kier molecular flexibility index (Phi) is 3.81. The van der Waals surface area contributed by atoms with Gasteiger partial charge >= 0.3 is 0 Å². The van der Waals surface area contributed by atoms with Crippen LogP contribution in [0.5, 0.6) is 0 Å². The zero-order valence-electron chi connectivity index (χ0n) is 11.1. The Hall–Kier alpha value is -1.62. The molecule has 0 amide bonds. The Balaban J connectivity index is 2.22. The summed E-state index contributed by atoms with van der Waals surface area (Å²) in [6.45, 7) is 4.19. The zero-order valence-corrected chi connectivity index (χ0v) is 12.0. The molecule has 2 aromatic rings. The van der Waals surface area contributed by atoms with E-state index in [0.717, 1.165) is 17.1 Å². The topological polar surface area (TPSA) is 41.1 Å². The summed E-state index contributed by atoms with van der Waals surface area (Å²) in [5.74, 6) is 0. The Morgan fingerprint density at radius 1 is 1.39 bits per heavy atom. The molecule has 2 heterocycles. The van der Waals surface area contributed by atoms with Crippen LogP contribution in [0.1, 0.15) is 23.5 Å². The Bertz CT molecular complexity index is 521. The van der Waals surface area contributed by atoms with E-state index in [1.807, 2.05) is 45.0 Å². The molecule has 5 heteroatoms. The molecule has 0 fully saturated rings. The van der Waals surface area contributed by atoms with Gasteiger partial charge in [-0.25, -0.2) is 4.98 Å². The van der Waals surface area contributed by atoms with E-state index in [1.54, 1.807) is 11.3 Å². The maximum atomic E-state index is 4.29. The van der Waals surface area contributed by atoms with E-state index in [1.165, 1.54) is 4.88 Å². The maximum absolute atomic E-state index is 4.29. The fraction of sp³-hybridized carbons (Fsp3) is 0.385. The first-order valence-electron chi connectivity index (χ1n) is 5.87. The van der Waals surface area contributed by atoms with Crippen molar-refractivity contribution in [3.05, 3.63) is 34.5 Å². The molecule has 0 radical (unpaired) electrons. The van der Waals surface area contributed by atoms with Gasteiger partial charge in [0.05, 0.1) is 34.8 Å². The fourth-order valence-corrected chi connectivity index (χ4v) is 2.72. The molecule has 2 aromatic heterocycles. The predicted octanol–water partition coefficient (Wildman–Crippen LogP) is 3.09. The number of hydrogen-bond acceptors (Lipinski definition) is 5. The normalized spacial score (nSPS) is 12.2. The molecule has 18 heavy (non-hydrogen) atoms. The third kappa shape index (κ3) is 2.61. The first kappa shape index (κ1) is 12.8. The molecule has 96 valence electrons. The molecule has 0 bridgehead atoms. The molecule has 1 atom stereocenters. The van der Waals surface area contributed by atoms with Gasteiger partial charge in [0.2, 0.25) is 0 Å². The van der Waals surface area contributed by atoms with Crippen LogP contribution in [0.4, 0.5) is 11.4 Å². The SMILES string of the molecule is Cc1ncsc1C(C)Nc1cnccc1N(C)C. The molecule has 1 unspecified atom stereocenters. The van der Waals surface area contributed by atoms with Crippen LogP contribution in [0, 0.1) is 6.92 Å². The summed E-state index contributed by atoms with van der Waals surface area (Å²) < 4.78 is 0. The van der Waals surface area contributed by atoms with Crippen LogP contribution in [0.25, 0.3) is 0 Å². The number of nitrogens with one attached hydrogen (secondary N) is 1. The van der Waals surface area contributed by atoms with E-state index in [-0.39, 0.29) is 6.04 Å². The van der Waals surface area contributed by atoms with Gasteiger partial charge in [-0.2, -0.15) is 0 Å². The van der Waals surface area contributed by atoms with Crippen LogP contribution in [-0.2, 0) is 0 Å². The van der Waals surface area contributed by atoms with Gasteiger partial charge in [-0.3, -0.25) is 4.98 Å². The standard InChI is InChI=1S/C13H18N4S/c1-9-13(18-8-15-9)10(2)16-11-7-14-6-5-12(11)17(3)4/h5-8,10,16H,1-4H3. The summed E-state index contributed by atoms with van der Waals surface area (Å²) in [6.07, 6.45) is 3.67. The second-order valence-corrected chi connectivity index (χ2v) is 5.34. The van der Waals surface area contributed by atoms with Gasteiger partial charge in [0.15, 0.2) is 0 Å². The molecule has 0 saturated carbocycles. The molecule has 0 aliphatic heterocycles. The Labute approximate surface area is 112 Å². The van der Waals surface area contributed by atoms with Crippen LogP contribution < -0.4 is 10.2 Å². The van der Waals surface area contributed by atoms with E-state index in [2.05, 4.69) is 27.1 Å². The summed E-state index contributed by atoms with van der Waals surface area (Å²) in [5.41, 5.74) is 5.16. The number of aromatic nitrogens is 2. The number of nitrogens with zero attached hydrogens (tertiary/aromatic N) is 3. The summed E-state index contributed by atoms with van der Waals surface area (Å²) >= 11 is 1.68. The van der Waals surface area contributed by atoms with Crippen molar-refractivity contribution >= 4 is 22.7 Å². The predicted molar refractivity (Wildman–Crippen MR) is 77.5 cm³/mol. The molecule has 0 saturated heterocycles. The van der Waals surface area contributed by atoms with Crippen molar-refractivity contribution in [2.24, 2.45) is 0 Å². The Morgan fingerprint density at radius 2 is 2.17 bits per heavy atom. The summed E-state index contributed by atoms with van der Waals surface area (Å²) in [6, 6.07) is 2.24. The van der Waals surface area contributed by atoms with Gasteiger partial charge in [0.1, 0.15) is 0 Å². The third-order valence-electron chi connectivity index (χ3n) is 2.83. The van der Waals surface area contributed by atoms with Gasteiger partial charge in [0.25, 0.3) is 0 Å². The van der Waals surface area contributed by atoms with Crippen molar-refractivity contribution in [3.63, 3.8) is 0 Å². The first-order chi connectivity index (χ1) is 8.59. The quantitative estimate of drug-likeness (QED) is 0.919. The van der Waals surface area contributed by atoms with Crippen molar-refractivity contribution in [2.45, 2.75) is 19.9 Å². The van der Waals surface area contributed by atoms with E-state index >= 15 is 0 Å². The minimum Gasteiger partial charge on any atom is -0.376 e. The van der Waals surface area contributed by atoms with Crippen LogP contribution in [0.2, 0.25) is 0 Å². The lowest BCUT2D eigenvalue weighted by Crippen LogP contribution is -2.14. The van der Waals surface area contributed by atoms with Crippen LogP contribution >= 0.6 is 11.3 Å². The van der Waals surface area contributed by atoms with Crippen molar-refractivity contribution in [2.75, 3.05) is 24.3 Å². The van der Waals surface area contributed by atoms with Gasteiger partial charge < -0.3 is 10.2 Å². The van der Waals surface area contributed by atoms with Crippen LogP contribution in [-0.4, -0.2) is 24.1 Å². The number of hydrogen-bond donors (Lipinski definition) is 1. The van der Waals surface area contributed by atoms with Gasteiger partial charge in [-0.05, 0) is 19.9 Å². The number of anilines is 2. The largest absolute Gasteiger partial charge is 0.376 e. The molecule has 1 N–H and O–H groups in total. The van der Waals surface area contributed by atoms with E-state index in [0.29, 0.717) is 0 Å². The van der Waals surface area contributed by atoms with Gasteiger partial charge in [0, 0.05) is 25.2 Å². The highest BCUT2D eigenvalue weighted by molar-refractivity contribution is 7.09. The molecule has 4 nitrogen and oxygen atoms in total. The Morgan fingerprint density at radius 3 is 2.78 bits per heavy atom. The first-order valence-corrected chi connectivity index (χ1v) is 6.75. The number of rotatable bonds is 4. The highest BCUT2D eigenvalue weighted by Crippen LogP contribution is 2.29. The third-order valence-corrected chi connectivity index (χ3v) is 3.94.